The maximum atomic E-state index is 8.74. The SMILES string of the molecule is NCCc1c[nH]c2cc(OCc3ccccc3)ccc12.NCCc1c[nH]c2cc(OCc3ccccc3)ccc12.O=S(=O)(O)O. The van der Waals surface area contributed by atoms with Gasteiger partial charge in [0.15, 0.2) is 0 Å². The van der Waals surface area contributed by atoms with Crippen LogP contribution in [0.1, 0.15) is 22.3 Å². The Kier molecular flexibility index (Phi) is 12.1. The van der Waals surface area contributed by atoms with Crippen molar-refractivity contribution < 1.29 is 27.0 Å². The molecule has 0 radical (unpaired) electrons. The van der Waals surface area contributed by atoms with Crippen LogP contribution in [0.2, 0.25) is 0 Å². The highest BCUT2D eigenvalue weighted by molar-refractivity contribution is 7.79. The highest BCUT2D eigenvalue weighted by Gasteiger charge is 2.06. The lowest BCUT2D eigenvalue weighted by Gasteiger charge is -2.06. The molecule has 0 unspecified atom stereocenters. The zero-order valence-electron chi connectivity index (χ0n) is 24.7. The van der Waals surface area contributed by atoms with Crippen LogP contribution in [-0.2, 0) is 36.5 Å². The molecule has 0 aliphatic carbocycles. The summed E-state index contributed by atoms with van der Waals surface area (Å²) in [6, 6.07) is 32.6. The maximum Gasteiger partial charge on any atom is 0.394 e. The van der Waals surface area contributed by atoms with Crippen molar-refractivity contribution in [2.45, 2.75) is 26.1 Å². The molecule has 2 aromatic heterocycles. The summed E-state index contributed by atoms with van der Waals surface area (Å²) in [4.78, 5) is 6.55. The number of aromatic nitrogens is 2. The summed E-state index contributed by atoms with van der Waals surface area (Å²) in [6.45, 7) is 2.50. The summed E-state index contributed by atoms with van der Waals surface area (Å²) >= 11 is 0. The molecule has 6 aromatic rings. The minimum absolute atomic E-state index is 0.586. The summed E-state index contributed by atoms with van der Waals surface area (Å²) in [5.74, 6) is 1.75. The number of benzene rings is 4. The first-order valence-electron chi connectivity index (χ1n) is 14.4. The number of nitrogens with two attached hydrogens (primary N) is 2. The minimum atomic E-state index is -4.67. The van der Waals surface area contributed by atoms with E-state index in [1.807, 2.05) is 73.1 Å². The van der Waals surface area contributed by atoms with E-state index >= 15 is 0 Å². The molecule has 0 fully saturated rings. The topological polar surface area (TPSA) is 177 Å². The van der Waals surface area contributed by atoms with Crippen LogP contribution in [0.3, 0.4) is 0 Å². The second kappa shape index (κ2) is 16.4. The molecule has 0 atom stereocenters. The van der Waals surface area contributed by atoms with Crippen molar-refractivity contribution >= 4 is 32.2 Å². The van der Waals surface area contributed by atoms with Crippen LogP contribution in [0, 0.1) is 0 Å². The van der Waals surface area contributed by atoms with Gasteiger partial charge in [0, 0.05) is 46.3 Å². The van der Waals surface area contributed by atoms with E-state index in [4.69, 9.17) is 38.5 Å². The number of hydrogen-bond acceptors (Lipinski definition) is 6. The third-order valence-electron chi connectivity index (χ3n) is 6.80. The van der Waals surface area contributed by atoms with E-state index in [-0.39, 0.29) is 0 Å². The highest BCUT2D eigenvalue weighted by Crippen LogP contribution is 2.25. The van der Waals surface area contributed by atoms with Gasteiger partial charge in [-0.25, -0.2) is 0 Å². The first-order chi connectivity index (χ1) is 21.7. The molecule has 0 aliphatic heterocycles. The van der Waals surface area contributed by atoms with Gasteiger partial charge in [-0.1, -0.05) is 60.7 Å². The molecule has 6 rings (SSSR count). The van der Waals surface area contributed by atoms with Crippen molar-refractivity contribution in [3.05, 3.63) is 132 Å². The molecule has 0 saturated heterocycles. The van der Waals surface area contributed by atoms with E-state index < -0.39 is 10.4 Å². The molecule has 0 amide bonds. The standard InChI is InChI=1S/2C17H18N2O.H2O4S/c2*18-9-8-14-11-19-17-10-15(6-7-16(14)17)20-12-13-4-2-1-3-5-13;1-5(2,3)4/h2*1-7,10-11,19H,8-9,12,18H2;(H2,1,2,3,4). The van der Waals surface area contributed by atoms with Crippen LogP contribution in [0.25, 0.3) is 21.8 Å². The molecule has 8 N–H and O–H groups in total. The zero-order chi connectivity index (χ0) is 32.1. The van der Waals surface area contributed by atoms with E-state index in [1.54, 1.807) is 0 Å². The van der Waals surface area contributed by atoms with Crippen LogP contribution < -0.4 is 20.9 Å². The Morgan fingerprint density at radius 2 is 0.978 bits per heavy atom. The van der Waals surface area contributed by atoms with E-state index in [0.29, 0.717) is 26.3 Å². The van der Waals surface area contributed by atoms with Gasteiger partial charge in [0.2, 0.25) is 0 Å². The molecule has 0 bridgehead atoms. The largest absolute Gasteiger partial charge is 0.489 e. The van der Waals surface area contributed by atoms with Crippen LogP contribution in [0.4, 0.5) is 0 Å². The molecule has 0 spiro atoms. The molecule has 11 heteroatoms. The van der Waals surface area contributed by atoms with Crippen LogP contribution >= 0.6 is 0 Å². The van der Waals surface area contributed by atoms with Gasteiger partial charge in [0.05, 0.1) is 0 Å². The summed E-state index contributed by atoms with van der Waals surface area (Å²) < 4.78 is 43.2. The summed E-state index contributed by atoms with van der Waals surface area (Å²) in [5, 5.41) is 2.45. The molecule has 45 heavy (non-hydrogen) atoms. The van der Waals surface area contributed by atoms with E-state index in [1.165, 1.54) is 33.0 Å². The van der Waals surface area contributed by atoms with Crippen molar-refractivity contribution in [2.24, 2.45) is 11.5 Å². The van der Waals surface area contributed by atoms with Gasteiger partial charge < -0.3 is 30.9 Å². The number of aromatic amines is 2. The number of hydrogen-bond donors (Lipinski definition) is 6. The normalized spacial score (nSPS) is 10.9. The first kappa shape index (κ1) is 33.2. The maximum absolute atomic E-state index is 8.74. The Morgan fingerprint density at radius 3 is 1.33 bits per heavy atom. The van der Waals surface area contributed by atoms with Gasteiger partial charge in [-0.2, -0.15) is 8.42 Å². The Labute approximate surface area is 262 Å². The lowest BCUT2D eigenvalue weighted by Crippen LogP contribution is -2.01. The highest BCUT2D eigenvalue weighted by atomic mass is 32.3. The van der Waals surface area contributed by atoms with Gasteiger partial charge in [-0.05, 0) is 72.5 Å². The Bertz CT molecular complexity index is 1740. The number of rotatable bonds is 10. The van der Waals surface area contributed by atoms with Crippen molar-refractivity contribution in [3.63, 3.8) is 0 Å². The van der Waals surface area contributed by atoms with Crippen molar-refractivity contribution in [3.8, 4) is 11.5 Å². The molecule has 4 aromatic carbocycles. The van der Waals surface area contributed by atoms with Gasteiger partial charge in [-0.15, -0.1) is 0 Å². The van der Waals surface area contributed by atoms with Gasteiger partial charge in [0.25, 0.3) is 0 Å². The third-order valence-corrected chi connectivity index (χ3v) is 6.80. The molecule has 2 heterocycles. The fourth-order valence-corrected chi connectivity index (χ4v) is 4.72. The summed E-state index contributed by atoms with van der Waals surface area (Å²) in [7, 11) is -4.67. The molecular weight excluding hydrogens is 592 g/mol. The quantitative estimate of drug-likeness (QED) is 0.102. The van der Waals surface area contributed by atoms with Gasteiger partial charge in [0.1, 0.15) is 24.7 Å². The fraction of sp³-hybridized carbons (Fsp3) is 0.176. The average Bonchev–Trinajstić information content (AvgIpc) is 3.63. The van der Waals surface area contributed by atoms with E-state index in [0.717, 1.165) is 35.4 Å². The molecule has 236 valence electrons. The summed E-state index contributed by atoms with van der Waals surface area (Å²) in [5.41, 5.74) is 18.3. The van der Waals surface area contributed by atoms with Gasteiger partial charge >= 0.3 is 10.4 Å². The first-order valence-corrected chi connectivity index (χ1v) is 15.8. The Balaban J connectivity index is 0.000000179. The number of fused-ring (bicyclic) bond motifs is 2. The molecule has 0 saturated carbocycles. The second-order valence-electron chi connectivity index (χ2n) is 10.1. The Hall–Kier alpha value is -4.65. The molecule has 10 nitrogen and oxygen atoms in total. The smallest absolute Gasteiger partial charge is 0.394 e. The predicted octanol–water partition coefficient (Wildman–Crippen LogP) is 5.84. The number of H-pyrrole nitrogens is 2. The second-order valence-corrected chi connectivity index (χ2v) is 11.0. The van der Waals surface area contributed by atoms with Crippen molar-refractivity contribution in [1.82, 2.24) is 9.97 Å². The molecular formula is C34H38N4O6S. The zero-order valence-corrected chi connectivity index (χ0v) is 25.5. The number of ether oxygens (including phenoxy) is 2. The van der Waals surface area contributed by atoms with Crippen LogP contribution in [0.5, 0.6) is 11.5 Å². The van der Waals surface area contributed by atoms with E-state index in [2.05, 4.69) is 46.4 Å². The lowest BCUT2D eigenvalue weighted by molar-refractivity contribution is 0.306. The third kappa shape index (κ3) is 10.8. The molecule has 0 aliphatic rings. The Morgan fingerprint density at radius 1 is 0.600 bits per heavy atom. The summed E-state index contributed by atoms with van der Waals surface area (Å²) in [6.07, 6.45) is 5.84. The predicted molar refractivity (Wildman–Crippen MR) is 178 cm³/mol. The lowest BCUT2D eigenvalue weighted by atomic mass is 10.1. The average molecular weight is 631 g/mol. The van der Waals surface area contributed by atoms with Crippen LogP contribution in [0.15, 0.2) is 109 Å². The van der Waals surface area contributed by atoms with Crippen molar-refractivity contribution in [1.29, 1.82) is 0 Å². The van der Waals surface area contributed by atoms with Gasteiger partial charge in [-0.3, -0.25) is 9.11 Å². The monoisotopic (exact) mass is 630 g/mol. The van der Waals surface area contributed by atoms with E-state index in [9.17, 15) is 0 Å². The van der Waals surface area contributed by atoms with Crippen molar-refractivity contribution in [2.75, 3.05) is 13.1 Å². The fourth-order valence-electron chi connectivity index (χ4n) is 4.72. The number of nitrogens with one attached hydrogen (secondary N) is 2. The van der Waals surface area contributed by atoms with Crippen LogP contribution in [-0.4, -0.2) is 40.6 Å². The minimum Gasteiger partial charge on any atom is -0.489 e.